The van der Waals surface area contributed by atoms with Crippen LogP contribution in [0.25, 0.3) is 10.9 Å². The molecule has 2 N–H and O–H groups in total. The molecule has 2 aromatic rings. The molecule has 136 valence electrons. The first-order chi connectivity index (χ1) is 12.0. The molecular weight excluding hydrogens is 386 g/mol. The zero-order valence-corrected chi connectivity index (χ0v) is 16.8. The van der Waals surface area contributed by atoms with Crippen molar-refractivity contribution >= 4 is 32.8 Å². The molecule has 0 atom stereocenters. The minimum absolute atomic E-state index is 0.288. The number of ether oxygens (including phenoxy) is 2. The zero-order chi connectivity index (χ0) is 18.1. The largest absolute Gasteiger partial charge is 0.496 e. The number of carbonyl (C=O) groups is 1. The van der Waals surface area contributed by atoms with E-state index in [4.69, 9.17) is 9.47 Å². The lowest BCUT2D eigenvalue weighted by atomic mass is 10.1. The number of hydrogen-bond donors (Lipinski definition) is 2. The Bertz CT molecular complexity index is 795. The van der Waals surface area contributed by atoms with Crippen LogP contribution in [0.4, 0.5) is 0 Å². The number of likely N-dealkylation sites (N-methyl/N-ethyl adjacent to an activating group) is 1. The number of quaternary nitrogens is 2. The average molecular weight is 412 g/mol. The molecule has 3 rings (SSSR count). The fourth-order valence-corrected chi connectivity index (χ4v) is 4.12. The topological polar surface area (TPSA) is 49.3 Å². The van der Waals surface area contributed by atoms with Crippen LogP contribution in [0.3, 0.4) is 0 Å². The third-order valence-corrected chi connectivity index (χ3v) is 5.83. The molecule has 2 heterocycles. The van der Waals surface area contributed by atoms with Crippen molar-refractivity contribution in [3.05, 3.63) is 27.9 Å². The molecule has 0 spiro atoms. The highest BCUT2D eigenvalue weighted by atomic mass is 79.9. The van der Waals surface area contributed by atoms with Crippen molar-refractivity contribution in [3.8, 4) is 5.75 Å². The molecule has 0 saturated carbocycles. The van der Waals surface area contributed by atoms with Gasteiger partial charge in [0.2, 0.25) is 0 Å². The van der Waals surface area contributed by atoms with Crippen molar-refractivity contribution in [1.82, 2.24) is 4.57 Å². The summed E-state index contributed by atoms with van der Waals surface area (Å²) >= 11 is 3.54. The molecule has 1 fully saturated rings. The van der Waals surface area contributed by atoms with Crippen molar-refractivity contribution in [2.45, 2.75) is 6.54 Å². The molecule has 0 radical (unpaired) electrons. The third-order valence-electron chi connectivity index (χ3n) is 5.21. The fourth-order valence-electron chi connectivity index (χ4n) is 3.63. The van der Waals surface area contributed by atoms with E-state index in [9.17, 15) is 4.79 Å². The number of esters is 1. The minimum atomic E-state index is -0.288. The van der Waals surface area contributed by atoms with Crippen LogP contribution >= 0.6 is 15.9 Å². The first-order valence-corrected chi connectivity index (χ1v) is 9.33. The van der Waals surface area contributed by atoms with Crippen molar-refractivity contribution in [2.75, 3.05) is 47.4 Å². The summed E-state index contributed by atoms with van der Waals surface area (Å²) in [5.41, 5.74) is 2.68. The molecule has 1 aromatic carbocycles. The van der Waals surface area contributed by atoms with Crippen LogP contribution in [0.15, 0.2) is 16.6 Å². The van der Waals surface area contributed by atoms with Gasteiger partial charge in [0.25, 0.3) is 0 Å². The first-order valence-electron chi connectivity index (χ1n) is 8.54. The van der Waals surface area contributed by atoms with E-state index in [1.165, 1.54) is 12.0 Å². The Morgan fingerprint density at radius 3 is 2.52 bits per heavy atom. The molecule has 7 heteroatoms. The number of benzene rings is 1. The lowest BCUT2D eigenvalue weighted by molar-refractivity contribution is -1.01. The van der Waals surface area contributed by atoms with Gasteiger partial charge in [0.15, 0.2) is 0 Å². The zero-order valence-electron chi connectivity index (χ0n) is 15.2. The normalized spacial score (nSPS) is 20.7. The van der Waals surface area contributed by atoms with Crippen LogP contribution in [0.2, 0.25) is 0 Å². The number of nitrogens with one attached hydrogen (secondary N) is 2. The second-order valence-corrected chi connectivity index (χ2v) is 7.61. The van der Waals surface area contributed by atoms with E-state index >= 15 is 0 Å². The molecule has 6 nitrogen and oxygen atoms in total. The number of fused-ring (bicyclic) bond motifs is 1. The van der Waals surface area contributed by atoms with E-state index in [-0.39, 0.29) is 5.97 Å². The molecule has 1 aromatic heterocycles. The van der Waals surface area contributed by atoms with Gasteiger partial charge >= 0.3 is 5.97 Å². The van der Waals surface area contributed by atoms with Crippen LogP contribution in [0.1, 0.15) is 16.1 Å². The Morgan fingerprint density at radius 1 is 1.24 bits per heavy atom. The highest BCUT2D eigenvalue weighted by Gasteiger charge is 2.28. The molecule has 25 heavy (non-hydrogen) atoms. The van der Waals surface area contributed by atoms with Crippen molar-refractivity contribution in [3.63, 3.8) is 0 Å². The van der Waals surface area contributed by atoms with Crippen LogP contribution in [-0.4, -0.2) is 58.0 Å². The number of nitrogens with zero attached hydrogens (tertiary/aromatic N) is 1. The maximum absolute atomic E-state index is 12.5. The van der Waals surface area contributed by atoms with Gasteiger partial charge in [-0.15, -0.1) is 0 Å². The summed E-state index contributed by atoms with van der Waals surface area (Å²) in [5, 5.41) is 0.878. The third kappa shape index (κ3) is 3.41. The van der Waals surface area contributed by atoms with E-state index < -0.39 is 0 Å². The maximum atomic E-state index is 12.5. The SMILES string of the molecule is COC(=O)c1c(C[NH+]2CC[NH+](C)CC2)n(C)c2cc(Br)c(OC)cc12. The second-order valence-electron chi connectivity index (χ2n) is 6.76. The lowest BCUT2D eigenvalue weighted by Crippen LogP contribution is -3.26. The predicted molar refractivity (Wildman–Crippen MR) is 99.5 cm³/mol. The van der Waals surface area contributed by atoms with E-state index in [1.807, 2.05) is 19.2 Å². The lowest BCUT2D eigenvalue weighted by Gasteiger charge is -2.27. The number of carbonyl (C=O) groups excluding carboxylic acids is 1. The summed E-state index contributed by atoms with van der Waals surface area (Å²) in [5.74, 6) is 0.425. The second kappa shape index (κ2) is 7.35. The van der Waals surface area contributed by atoms with Gasteiger partial charge in [0.1, 0.15) is 38.5 Å². The molecule has 1 aliphatic rings. The minimum Gasteiger partial charge on any atom is -0.496 e. The van der Waals surface area contributed by atoms with E-state index in [1.54, 1.807) is 12.0 Å². The van der Waals surface area contributed by atoms with Gasteiger partial charge in [0.05, 0.1) is 42.5 Å². The van der Waals surface area contributed by atoms with Gasteiger partial charge in [-0.25, -0.2) is 4.79 Å². The monoisotopic (exact) mass is 411 g/mol. The predicted octanol–water partition coefficient (Wildman–Crippen LogP) is -0.351. The Labute approximate surface area is 156 Å². The number of halogens is 1. The number of aromatic nitrogens is 1. The number of hydrogen-bond acceptors (Lipinski definition) is 3. The van der Waals surface area contributed by atoms with Gasteiger partial charge < -0.3 is 23.8 Å². The molecule has 0 aliphatic carbocycles. The number of rotatable bonds is 4. The number of piperazine rings is 1. The van der Waals surface area contributed by atoms with Crippen molar-refractivity contribution in [1.29, 1.82) is 0 Å². The highest BCUT2D eigenvalue weighted by Crippen LogP contribution is 2.34. The Kier molecular flexibility index (Phi) is 5.36. The quantitative estimate of drug-likeness (QED) is 0.676. The number of methoxy groups -OCH3 is 2. The van der Waals surface area contributed by atoms with Crippen LogP contribution in [0.5, 0.6) is 5.75 Å². The average Bonchev–Trinajstić information content (AvgIpc) is 2.87. The molecule has 1 aliphatic heterocycles. The standard InChI is InChI=1S/C18H24BrN3O3/c1-20-5-7-22(8-6-20)11-15-17(18(23)25-4)12-9-16(24-3)13(19)10-14(12)21(15)2/h9-10H,5-8,11H2,1-4H3/p+2. The summed E-state index contributed by atoms with van der Waals surface area (Å²) in [6, 6.07) is 3.92. The van der Waals surface area contributed by atoms with Crippen LogP contribution in [-0.2, 0) is 18.3 Å². The summed E-state index contributed by atoms with van der Waals surface area (Å²) < 4.78 is 13.5. The summed E-state index contributed by atoms with van der Waals surface area (Å²) in [6.45, 7) is 5.36. The summed E-state index contributed by atoms with van der Waals surface area (Å²) in [6.07, 6.45) is 0. The Balaban J connectivity index is 2.09. The summed E-state index contributed by atoms with van der Waals surface area (Å²) in [7, 11) is 7.32. The van der Waals surface area contributed by atoms with E-state index in [2.05, 4.69) is 27.5 Å². The Morgan fingerprint density at radius 2 is 1.92 bits per heavy atom. The van der Waals surface area contributed by atoms with Gasteiger partial charge in [-0.1, -0.05) is 0 Å². The van der Waals surface area contributed by atoms with E-state index in [0.29, 0.717) is 11.3 Å². The number of aryl methyl sites for hydroxylation is 1. The van der Waals surface area contributed by atoms with Gasteiger partial charge in [0, 0.05) is 12.4 Å². The van der Waals surface area contributed by atoms with Gasteiger partial charge in [-0.2, -0.15) is 0 Å². The van der Waals surface area contributed by atoms with E-state index in [0.717, 1.165) is 53.8 Å². The molecular formula is C18H26BrN3O3+2. The first kappa shape index (κ1) is 18.2. The van der Waals surface area contributed by atoms with Crippen LogP contribution in [0, 0.1) is 0 Å². The Hall–Kier alpha value is -1.57. The smallest absolute Gasteiger partial charge is 0.340 e. The van der Waals surface area contributed by atoms with Gasteiger partial charge in [-0.05, 0) is 28.1 Å². The van der Waals surface area contributed by atoms with Gasteiger partial charge in [-0.3, -0.25) is 0 Å². The van der Waals surface area contributed by atoms with Crippen molar-refractivity contribution < 1.29 is 24.1 Å². The highest BCUT2D eigenvalue weighted by molar-refractivity contribution is 9.10. The maximum Gasteiger partial charge on any atom is 0.340 e. The van der Waals surface area contributed by atoms with Crippen molar-refractivity contribution in [2.24, 2.45) is 7.05 Å². The van der Waals surface area contributed by atoms with Crippen LogP contribution < -0.4 is 14.5 Å². The molecule has 1 saturated heterocycles. The summed E-state index contributed by atoms with van der Waals surface area (Å²) in [4.78, 5) is 15.6. The molecule has 0 bridgehead atoms. The molecule has 0 amide bonds. The fraction of sp³-hybridized carbons (Fsp3) is 0.500. The molecule has 0 unspecified atom stereocenters.